The highest BCUT2D eigenvalue weighted by Crippen LogP contribution is 2.49. The van der Waals surface area contributed by atoms with Gasteiger partial charge < -0.3 is 9.55 Å². The molecule has 1 heterocycles. The minimum absolute atomic E-state index is 0.853. The van der Waals surface area contributed by atoms with Crippen molar-refractivity contribution in [2.24, 2.45) is 17.8 Å². The normalized spacial score (nSPS) is 29.4. The molecule has 3 heteroatoms. The van der Waals surface area contributed by atoms with Crippen molar-refractivity contribution in [2.75, 3.05) is 0 Å². The highest BCUT2D eigenvalue weighted by Gasteiger charge is 2.39. The fourth-order valence-corrected chi connectivity index (χ4v) is 4.58. The molecule has 3 atom stereocenters. The Kier molecular flexibility index (Phi) is 2.59. The molecule has 1 aromatic carbocycles. The van der Waals surface area contributed by atoms with Gasteiger partial charge in [-0.2, -0.15) is 0 Å². The first-order chi connectivity index (χ1) is 9.20. The number of H-pyrrole nitrogens is 1. The number of hydrogen-bond donors (Lipinski definition) is 1. The number of aromatic amines is 1. The van der Waals surface area contributed by atoms with Crippen molar-refractivity contribution in [2.45, 2.75) is 39.2 Å². The van der Waals surface area contributed by atoms with Gasteiger partial charge >= 0.3 is 0 Å². The topological polar surface area (TPSA) is 20.7 Å². The molecule has 19 heavy (non-hydrogen) atoms. The van der Waals surface area contributed by atoms with Crippen LogP contribution >= 0.6 is 12.2 Å². The van der Waals surface area contributed by atoms with Gasteiger partial charge in [-0.15, -0.1) is 0 Å². The molecule has 2 nitrogen and oxygen atoms in total. The maximum atomic E-state index is 5.52. The zero-order valence-electron chi connectivity index (χ0n) is 11.4. The predicted octanol–water partition coefficient (Wildman–Crippen LogP) is 4.44. The molecule has 0 saturated heterocycles. The van der Waals surface area contributed by atoms with Crippen LogP contribution in [0.15, 0.2) is 18.2 Å². The van der Waals surface area contributed by atoms with Crippen LogP contribution in [0, 0.1) is 29.4 Å². The predicted molar refractivity (Wildman–Crippen MR) is 80.8 cm³/mol. The lowest BCUT2D eigenvalue weighted by molar-refractivity contribution is 0.297. The molecular formula is C16H20N2S. The lowest BCUT2D eigenvalue weighted by Gasteiger charge is -2.22. The van der Waals surface area contributed by atoms with Gasteiger partial charge in [-0.3, -0.25) is 0 Å². The van der Waals surface area contributed by atoms with Gasteiger partial charge in [-0.1, -0.05) is 12.5 Å². The summed E-state index contributed by atoms with van der Waals surface area (Å²) in [4.78, 5) is 3.36. The Morgan fingerprint density at radius 3 is 2.95 bits per heavy atom. The summed E-state index contributed by atoms with van der Waals surface area (Å²) >= 11 is 5.52. The van der Waals surface area contributed by atoms with Crippen molar-refractivity contribution in [3.8, 4) is 0 Å². The monoisotopic (exact) mass is 272 g/mol. The second-order valence-electron chi connectivity index (χ2n) is 6.50. The van der Waals surface area contributed by atoms with Gasteiger partial charge in [-0.25, -0.2) is 0 Å². The summed E-state index contributed by atoms with van der Waals surface area (Å²) in [5.74, 6) is 2.82. The lowest BCUT2D eigenvalue weighted by Crippen LogP contribution is -2.17. The molecule has 4 rings (SSSR count). The first kappa shape index (κ1) is 11.7. The molecule has 2 aromatic rings. The Labute approximate surface area is 118 Å². The van der Waals surface area contributed by atoms with Crippen molar-refractivity contribution in [1.29, 1.82) is 0 Å². The molecule has 3 unspecified atom stereocenters. The van der Waals surface area contributed by atoms with E-state index in [1.165, 1.54) is 42.3 Å². The van der Waals surface area contributed by atoms with Crippen LogP contribution < -0.4 is 0 Å². The van der Waals surface area contributed by atoms with Gasteiger partial charge in [-0.05, 0) is 73.9 Å². The van der Waals surface area contributed by atoms with Gasteiger partial charge in [0, 0.05) is 6.54 Å². The third-order valence-corrected chi connectivity index (χ3v) is 5.55. The van der Waals surface area contributed by atoms with Gasteiger partial charge in [0.15, 0.2) is 4.77 Å². The Hall–Kier alpha value is -1.09. The summed E-state index contributed by atoms with van der Waals surface area (Å²) < 4.78 is 3.22. The molecule has 2 aliphatic rings. The number of aryl methyl sites for hydroxylation is 1. The van der Waals surface area contributed by atoms with Crippen LogP contribution in [0.5, 0.6) is 0 Å². The summed E-state index contributed by atoms with van der Waals surface area (Å²) in [6.07, 6.45) is 5.81. The van der Waals surface area contributed by atoms with Crippen LogP contribution in [0.3, 0.4) is 0 Å². The van der Waals surface area contributed by atoms with E-state index in [1.54, 1.807) is 0 Å². The fraction of sp³-hybridized carbons (Fsp3) is 0.562. The van der Waals surface area contributed by atoms with E-state index >= 15 is 0 Å². The van der Waals surface area contributed by atoms with E-state index in [-0.39, 0.29) is 0 Å². The first-order valence-electron chi connectivity index (χ1n) is 7.40. The minimum Gasteiger partial charge on any atom is -0.331 e. The third kappa shape index (κ3) is 1.86. The average molecular weight is 272 g/mol. The van der Waals surface area contributed by atoms with Gasteiger partial charge in [0.05, 0.1) is 11.0 Å². The number of aromatic nitrogens is 2. The largest absolute Gasteiger partial charge is 0.331 e. The van der Waals surface area contributed by atoms with Crippen molar-refractivity contribution in [3.63, 3.8) is 0 Å². The SMILES string of the molecule is Cc1ccc2c(c1)[nH]c(=S)n2CC1CC2CCC1C2. The Morgan fingerprint density at radius 2 is 2.21 bits per heavy atom. The zero-order chi connectivity index (χ0) is 13.0. The van der Waals surface area contributed by atoms with E-state index in [1.807, 2.05) is 0 Å². The molecule has 0 spiro atoms. The van der Waals surface area contributed by atoms with E-state index < -0.39 is 0 Å². The summed E-state index contributed by atoms with van der Waals surface area (Å²) in [7, 11) is 0. The molecule has 2 fully saturated rings. The van der Waals surface area contributed by atoms with Crippen molar-refractivity contribution >= 4 is 23.3 Å². The zero-order valence-corrected chi connectivity index (χ0v) is 12.2. The number of nitrogens with zero attached hydrogens (tertiary/aromatic N) is 1. The Morgan fingerprint density at radius 1 is 1.32 bits per heavy atom. The maximum Gasteiger partial charge on any atom is 0.178 e. The van der Waals surface area contributed by atoms with E-state index in [9.17, 15) is 0 Å². The lowest BCUT2D eigenvalue weighted by atomic mass is 9.89. The molecule has 0 aliphatic heterocycles. The van der Waals surface area contributed by atoms with Crippen LogP contribution in [0.1, 0.15) is 31.2 Å². The Bertz CT molecular complexity index is 682. The molecule has 2 saturated carbocycles. The quantitative estimate of drug-likeness (QED) is 0.801. The number of hydrogen-bond acceptors (Lipinski definition) is 1. The van der Waals surface area contributed by atoms with Crippen LogP contribution in [0.4, 0.5) is 0 Å². The van der Waals surface area contributed by atoms with E-state index in [0.717, 1.165) is 29.1 Å². The Balaban J connectivity index is 1.71. The molecule has 0 radical (unpaired) electrons. The maximum absolute atomic E-state index is 5.52. The first-order valence-corrected chi connectivity index (χ1v) is 7.80. The molecule has 1 aromatic heterocycles. The highest BCUT2D eigenvalue weighted by molar-refractivity contribution is 7.71. The second kappa shape index (κ2) is 4.20. The highest BCUT2D eigenvalue weighted by atomic mass is 32.1. The van der Waals surface area contributed by atoms with E-state index in [0.29, 0.717) is 0 Å². The summed E-state index contributed by atoms with van der Waals surface area (Å²) in [5, 5.41) is 0. The van der Waals surface area contributed by atoms with E-state index in [2.05, 4.69) is 34.7 Å². The second-order valence-corrected chi connectivity index (χ2v) is 6.88. The minimum atomic E-state index is 0.853. The molecule has 2 aliphatic carbocycles. The van der Waals surface area contributed by atoms with Crippen LogP contribution in [0.2, 0.25) is 0 Å². The number of rotatable bonds is 2. The number of benzene rings is 1. The number of fused-ring (bicyclic) bond motifs is 3. The van der Waals surface area contributed by atoms with Gasteiger partial charge in [0.2, 0.25) is 0 Å². The van der Waals surface area contributed by atoms with Gasteiger partial charge in [0.1, 0.15) is 0 Å². The summed E-state index contributed by atoms with van der Waals surface area (Å²) in [6.45, 7) is 3.24. The van der Waals surface area contributed by atoms with Crippen LogP contribution in [-0.4, -0.2) is 9.55 Å². The van der Waals surface area contributed by atoms with Crippen LogP contribution in [0.25, 0.3) is 11.0 Å². The number of nitrogens with one attached hydrogen (secondary N) is 1. The summed E-state index contributed by atoms with van der Waals surface area (Å²) in [5.41, 5.74) is 3.75. The summed E-state index contributed by atoms with van der Waals surface area (Å²) in [6, 6.07) is 6.59. The van der Waals surface area contributed by atoms with Gasteiger partial charge in [0.25, 0.3) is 0 Å². The smallest absolute Gasteiger partial charge is 0.178 e. The fourth-order valence-electron chi connectivity index (χ4n) is 4.29. The third-order valence-electron chi connectivity index (χ3n) is 5.23. The molecule has 100 valence electrons. The van der Waals surface area contributed by atoms with Crippen molar-refractivity contribution in [3.05, 3.63) is 28.5 Å². The average Bonchev–Trinajstić information content (AvgIpc) is 3.05. The molecule has 1 N–H and O–H groups in total. The van der Waals surface area contributed by atoms with Crippen molar-refractivity contribution < 1.29 is 0 Å². The number of imidazole rings is 1. The van der Waals surface area contributed by atoms with Crippen molar-refractivity contribution in [1.82, 2.24) is 9.55 Å². The van der Waals surface area contributed by atoms with E-state index in [4.69, 9.17) is 12.2 Å². The standard InChI is InChI=1S/C16H20N2S/c1-10-2-5-15-14(6-10)17-16(19)18(15)9-13-8-11-3-4-12(13)7-11/h2,5-6,11-13H,3-4,7-9H2,1H3,(H,17,19). The molecule has 2 bridgehead atoms. The molecular weight excluding hydrogens is 252 g/mol. The molecule has 0 amide bonds. The van der Waals surface area contributed by atoms with Crippen LogP contribution in [-0.2, 0) is 6.54 Å².